The Labute approximate surface area is 162 Å². The number of rotatable bonds is 4. The summed E-state index contributed by atoms with van der Waals surface area (Å²) >= 11 is 0. The van der Waals surface area contributed by atoms with E-state index in [2.05, 4.69) is 10.2 Å². The summed E-state index contributed by atoms with van der Waals surface area (Å²) in [5.41, 5.74) is 0.772. The van der Waals surface area contributed by atoms with Crippen LogP contribution in [0.1, 0.15) is 45.1 Å². The first-order chi connectivity index (χ1) is 12.8. The van der Waals surface area contributed by atoms with E-state index in [1.807, 2.05) is 13.8 Å². The monoisotopic (exact) mass is 391 g/mol. The molecule has 3 aliphatic rings. The molecular weight excluding hydrogens is 362 g/mol. The molecule has 1 atom stereocenters. The molecule has 1 N–H and O–H groups in total. The van der Waals surface area contributed by atoms with Crippen LogP contribution in [-0.4, -0.2) is 56.3 Å². The highest BCUT2D eigenvalue weighted by Gasteiger charge is 2.40. The standard InChI is InChI=1S/C20H29N3O3S/c1-20(2)17-12-16(6-7-18(17)21-19(20)24)27(25,26)23-11-8-15(14-23)13-22-9-4-3-5-10-22/h6-7,12,15H,3-5,8-11,13-14H2,1-2H3,(H,21,24)/t15-/m1/s1. The van der Waals surface area contributed by atoms with Crippen molar-refractivity contribution >= 4 is 21.6 Å². The number of piperidine rings is 1. The number of nitrogens with one attached hydrogen (secondary N) is 1. The number of amides is 1. The largest absolute Gasteiger partial charge is 0.325 e. The van der Waals surface area contributed by atoms with Gasteiger partial charge in [0.05, 0.1) is 10.3 Å². The van der Waals surface area contributed by atoms with E-state index in [1.54, 1.807) is 22.5 Å². The molecule has 7 heteroatoms. The second-order valence-corrected chi connectivity index (χ2v) is 10.6. The summed E-state index contributed by atoms with van der Waals surface area (Å²) in [7, 11) is -3.53. The van der Waals surface area contributed by atoms with Crippen molar-refractivity contribution in [2.45, 2.75) is 49.8 Å². The predicted octanol–water partition coefficient (Wildman–Crippen LogP) is 2.41. The molecule has 0 aliphatic carbocycles. The number of nitrogens with zero attached hydrogens (tertiary/aromatic N) is 2. The van der Waals surface area contributed by atoms with E-state index in [4.69, 9.17) is 0 Å². The Kier molecular flexibility index (Phi) is 4.81. The Hall–Kier alpha value is -1.44. The number of sulfonamides is 1. The lowest BCUT2D eigenvalue weighted by Crippen LogP contribution is -2.36. The van der Waals surface area contributed by atoms with Crippen molar-refractivity contribution in [3.8, 4) is 0 Å². The molecule has 1 amide bonds. The topological polar surface area (TPSA) is 69.7 Å². The fourth-order valence-corrected chi connectivity index (χ4v) is 6.09. The molecule has 3 aliphatic heterocycles. The minimum atomic E-state index is -3.53. The van der Waals surface area contributed by atoms with Crippen LogP contribution in [0.3, 0.4) is 0 Å². The maximum atomic E-state index is 13.2. The van der Waals surface area contributed by atoms with E-state index < -0.39 is 15.4 Å². The molecular formula is C20H29N3O3S. The van der Waals surface area contributed by atoms with Crippen molar-refractivity contribution in [2.24, 2.45) is 5.92 Å². The Morgan fingerprint density at radius 3 is 2.63 bits per heavy atom. The van der Waals surface area contributed by atoms with E-state index in [9.17, 15) is 13.2 Å². The number of anilines is 1. The molecule has 6 nitrogen and oxygen atoms in total. The summed E-state index contributed by atoms with van der Waals surface area (Å²) in [5, 5.41) is 2.84. The van der Waals surface area contributed by atoms with Crippen molar-refractivity contribution in [1.82, 2.24) is 9.21 Å². The van der Waals surface area contributed by atoms with Gasteiger partial charge in [0, 0.05) is 25.3 Å². The molecule has 3 heterocycles. The number of hydrogen-bond donors (Lipinski definition) is 1. The zero-order valence-electron chi connectivity index (χ0n) is 16.2. The minimum Gasteiger partial charge on any atom is -0.325 e. The van der Waals surface area contributed by atoms with Gasteiger partial charge in [0.2, 0.25) is 15.9 Å². The summed E-state index contributed by atoms with van der Waals surface area (Å²) in [6, 6.07) is 5.02. The zero-order valence-corrected chi connectivity index (χ0v) is 17.0. The van der Waals surface area contributed by atoms with E-state index >= 15 is 0 Å². The molecule has 1 aromatic carbocycles. The van der Waals surface area contributed by atoms with Crippen molar-refractivity contribution in [3.05, 3.63) is 23.8 Å². The summed E-state index contributed by atoms with van der Waals surface area (Å²) < 4.78 is 28.0. The van der Waals surface area contributed by atoms with Gasteiger partial charge in [0.15, 0.2) is 0 Å². The fourth-order valence-electron chi connectivity index (χ4n) is 4.53. The van der Waals surface area contributed by atoms with E-state index in [1.165, 1.54) is 19.3 Å². The van der Waals surface area contributed by atoms with E-state index in [0.29, 0.717) is 29.6 Å². The smallest absolute Gasteiger partial charge is 0.243 e. The van der Waals surface area contributed by atoms with Gasteiger partial charge in [-0.2, -0.15) is 4.31 Å². The molecule has 0 unspecified atom stereocenters. The molecule has 0 aromatic heterocycles. The summed E-state index contributed by atoms with van der Waals surface area (Å²) in [6.07, 6.45) is 4.75. The lowest BCUT2D eigenvalue weighted by Gasteiger charge is -2.29. The molecule has 0 bridgehead atoms. The van der Waals surface area contributed by atoms with E-state index in [-0.39, 0.29) is 5.91 Å². The first kappa shape index (κ1) is 18.9. The molecule has 0 spiro atoms. The Morgan fingerprint density at radius 1 is 1.15 bits per heavy atom. The summed E-state index contributed by atoms with van der Waals surface area (Å²) in [6.45, 7) is 8.12. The number of carbonyl (C=O) groups is 1. The van der Waals surface area contributed by atoms with Gasteiger partial charge >= 0.3 is 0 Å². The molecule has 2 saturated heterocycles. The molecule has 148 valence electrons. The highest BCUT2D eigenvalue weighted by atomic mass is 32.2. The normalized spacial score (nSPS) is 26.1. The minimum absolute atomic E-state index is 0.0881. The number of carbonyl (C=O) groups excluding carboxylic acids is 1. The third-order valence-electron chi connectivity index (χ3n) is 6.33. The van der Waals surface area contributed by atoms with Crippen LogP contribution >= 0.6 is 0 Å². The average Bonchev–Trinajstić information content (AvgIpc) is 3.19. The summed E-state index contributed by atoms with van der Waals surface area (Å²) in [4.78, 5) is 14.9. The van der Waals surface area contributed by atoms with Gasteiger partial charge in [0.25, 0.3) is 0 Å². The van der Waals surface area contributed by atoms with E-state index in [0.717, 1.165) is 31.6 Å². The number of fused-ring (bicyclic) bond motifs is 1. The Balaban J connectivity index is 1.50. The second-order valence-electron chi connectivity index (χ2n) is 8.67. The first-order valence-corrected chi connectivity index (χ1v) is 11.4. The maximum absolute atomic E-state index is 13.2. The number of likely N-dealkylation sites (tertiary alicyclic amines) is 1. The lowest BCUT2D eigenvalue weighted by molar-refractivity contribution is -0.119. The van der Waals surface area contributed by atoms with Gasteiger partial charge in [-0.3, -0.25) is 4.79 Å². The molecule has 1 aromatic rings. The van der Waals surface area contributed by atoms with Gasteiger partial charge < -0.3 is 10.2 Å². The molecule has 27 heavy (non-hydrogen) atoms. The van der Waals surface area contributed by atoms with Crippen LogP contribution in [0.15, 0.2) is 23.1 Å². The highest BCUT2D eigenvalue weighted by molar-refractivity contribution is 7.89. The predicted molar refractivity (Wildman–Crippen MR) is 105 cm³/mol. The Morgan fingerprint density at radius 2 is 1.89 bits per heavy atom. The van der Waals surface area contributed by atoms with Crippen LogP contribution in [0.5, 0.6) is 0 Å². The third kappa shape index (κ3) is 3.41. The molecule has 0 radical (unpaired) electrons. The van der Waals surface area contributed by atoms with Crippen LogP contribution in [0.25, 0.3) is 0 Å². The molecule has 4 rings (SSSR count). The third-order valence-corrected chi connectivity index (χ3v) is 8.19. The van der Waals surface area contributed by atoms with Crippen LogP contribution in [0.2, 0.25) is 0 Å². The van der Waals surface area contributed by atoms with Crippen molar-refractivity contribution in [2.75, 3.05) is 38.0 Å². The fraction of sp³-hybridized carbons (Fsp3) is 0.650. The average molecular weight is 392 g/mol. The van der Waals surface area contributed by atoms with Crippen LogP contribution in [0, 0.1) is 5.92 Å². The highest BCUT2D eigenvalue weighted by Crippen LogP contribution is 2.39. The van der Waals surface area contributed by atoms with Gasteiger partial charge in [-0.25, -0.2) is 8.42 Å². The van der Waals surface area contributed by atoms with Crippen molar-refractivity contribution in [1.29, 1.82) is 0 Å². The molecule has 0 saturated carbocycles. The molecule has 2 fully saturated rings. The van der Waals surface area contributed by atoms with Gasteiger partial charge in [-0.15, -0.1) is 0 Å². The van der Waals surface area contributed by atoms with Gasteiger partial charge in [0.1, 0.15) is 0 Å². The van der Waals surface area contributed by atoms with Crippen LogP contribution in [-0.2, 0) is 20.2 Å². The second kappa shape index (κ2) is 6.87. The number of benzene rings is 1. The van der Waals surface area contributed by atoms with Crippen molar-refractivity contribution in [3.63, 3.8) is 0 Å². The van der Waals surface area contributed by atoms with Gasteiger partial charge in [-0.05, 0) is 75.9 Å². The zero-order chi connectivity index (χ0) is 19.2. The lowest BCUT2D eigenvalue weighted by atomic mass is 9.86. The Bertz CT molecular complexity index is 844. The van der Waals surface area contributed by atoms with Crippen LogP contribution in [0.4, 0.5) is 5.69 Å². The summed E-state index contributed by atoms with van der Waals surface area (Å²) in [5.74, 6) is 0.321. The van der Waals surface area contributed by atoms with Crippen molar-refractivity contribution < 1.29 is 13.2 Å². The quantitative estimate of drug-likeness (QED) is 0.856. The maximum Gasteiger partial charge on any atom is 0.243 e. The van der Waals surface area contributed by atoms with Crippen LogP contribution < -0.4 is 5.32 Å². The van der Waals surface area contributed by atoms with Gasteiger partial charge in [-0.1, -0.05) is 6.42 Å². The SMILES string of the molecule is CC1(C)C(=O)Nc2ccc(S(=O)(=O)N3CC[C@H](CN4CCCCC4)C3)cc21. The first-order valence-electron chi connectivity index (χ1n) is 9.97. The number of hydrogen-bond acceptors (Lipinski definition) is 4.